The average Bonchev–Trinajstić information content (AvgIpc) is 3.40. The van der Waals surface area contributed by atoms with Gasteiger partial charge in [-0.25, -0.2) is 4.98 Å². The van der Waals surface area contributed by atoms with E-state index in [4.69, 9.17) is 0 Å². The van der Waals surface area contributed by atoms with Gasteiger partial charge in [0, 0.05) is 32.4 Å². The molecular formula is C21H29N7O3. The van der Waals surface area contributed by atoms with Gasteiger partial charge in [-0.2, -0.15) is 10.1 Å². The lowest BCUT2D eigenvalue weighted by Gasteiger charge is -2.27. The third-order valence-electron chi connectivity index (χ3n) is 6.23. The summed E-state index contributed by atoms with van der Waals surface area (Å²) in [6.07, 6.45) is 7.77. The first kappa shape index (κ1) is 21.2. The van der Waals surface area contributed by atoms with Crippen LogP contribution >= 0.6 is 0 Å². The zero-order chi connectivity index (χ0) is 22.2. The van der Waals surface area contributed by atoms with Crippen molar-refractivity contribution >= 4 is 29.3 Å². The monoisotopic (exact) mass is 427 g/mol. The molecule has 2 amide bonds. The molecule has 10 nitrogen and oxygen atoms in total. The molecule has 0 aromatic carbocycles. The van der Waals surface area contributed by atoms with Crippen molar-refractivity contribution in [2.45, 2.75) is 45.6 Å². The van der Waals surface area contributed by atoms with Crippen LogP contribution in [0.25, 0.3) is 0 Å². The van der Waals surface area contributed by atoms with Gasteiger partial charge in [-0.05, 0) is 45.1 Å². The van der Waals surface area contributed by atoms with Gasteiger partial charge in [0.15, 0.2) is 0 Å². The van der Waals surface area contributed by atoms with E-state index in [1.807, 2.05) is 13.8 Å². The number of aliphatic hydroxyl groups is 1. The second kappa shape index (κ2) is 7.92. The van der Waals surface area contributed by atoms with Crippen LogP contribution in [0.1, 0.15) is 40.0 Å². The lowest BCUT2D eigenvalue weighted by atomic mass is 9.80. The number of carbonyl (C=O) groups is 2. The fourth-order valence-electron chi connectivity index (χ4n) is 4.09. The van der Waals surface area contributed by atoms with Crippen LogP contribution in [0.3, 0.4) is 0 Å². The minimum Gasteiger partial charge on any atom is -0.394 e. The molecule has 2 aliphatic rings. The van der Waals surface area contributed by atoms with Gasteiger partial charge >= 0.3 is 0 Å². The van der Waals surface area contributed by atoms with E-state index in [1.54, 1.807) is 34.2 Å². The molecular weight excluding hydrogens is 398 g/mol. The number of amides is 2. The van der Waals surface area contributed by atoms with Gasteiger partial charge in [0.25, 0.3) is 0 Å². The van der Waals surface area contributed by atoms with Crippen molar-refractivity contribution in [2.24, 2.45) is 11.3 Å². The normalized spacial score (nSPS) is 21.4. The van der Waals surface area contributed by atoms with E-state index < -0.39 is 11.0 Å². The Morgan fingerprint density at radius 3 is 2.84 bits per heavy atom. The fraction of sp³-hybridized carbons (Fsp3) is 0.571. The van der Waals surface area contributed by atoms with Crippen molar-refractivity contribution in [1.82, 2.24) is 25.1 Å². The van der Waals surface area contributed by atoms with Gasteiger partial charge < -0.3 is 15.7 Å². The highest BCUT2D eigenvalue weighted by Crippen LogP contribution is 2.51. The first-order valence-electron chi connectivity index (χ1n) is 10.6. The van der Waals surface area contributed by atoms with E-state index in [-0.39, 0.29) is 18.4 Å². The first-order chi connectivity index (χ1) is 14.7. The Morgan fingerprint density at radius 2 is 2.16 bits per heavy atom. The number of nitrogens with one attached hydrogen (secondary N) is 2. The largest absolute Gasteiger partial charge is 0.394 e. The Labute approximate surface area is 181 Å². The first-order valence-corrected chi connectivity index (χ1v) is 10.6. The molecule has 1 aliphatic heterocycles. The van der Waals surface area contributed by atoms with Crippen LogP contribution in [-0.4, -0.2) is 56.4 Å². The molecule has 2 aromatic rings. The van der Waals surface area contributed by atoms with Crippen LogP contribution in [0.5, 0.6) is 0 Å². The number of aromatic nitrogens is 4. The van der Waals surface area contributed by atoms with Crippen LogP contribution in [0.4, 0.5) is 17.5 Å². The van der Waals surface area contributed by atoms with Gasteiger partial charge in [-0.3, -0.25) is 19.2 Å². The molecule has 1 saturated heterocycles. The lowest BCUT2D eigenvalue weighted by Crippen LogP contribution is -2.44. The van der Waals surface area contributed by atoms with Crippen LogP contribution < -0.4 is 15.5 Å². The predicted molar refractivity (Wildman–Crippen MR) is 115 cm³/mol. The summed E-state index contributed by atoms with van der Waals surface area (Å²) >= 11 is 0. The summed E-state index contributed by atoms with van der Waals surface area (Å²) < 4.78 is 1.68. The Kier molecular flexibility index (Phi) is 5.42. The van der Waals surface area contributed by atoms with Crippen LogP contribution in [0, 0.1) is 11.3 Å². The Morgan fingerprint density at radius 1 is 1.39 bits per heavy atom. The maximum Gasteiger partial charge on any atom is 0.236 e. The van der Waals surface area contributed by atoms with E-state index >= 15 is 0 Å². The molecule has 3 heterocycles. The molecule has 0 bridgehead atoms. The van der Waals surface area contributed by atoms with Crippen LogP contribution in [0.15, 0.2) is 24.7 Å². The summed E-state index contributed by atoms with van der Waals surface area (Å²) in [5.41, 5.74) is -0.379. The molecule has 1 saturated carbocycles. The van der Waals surface area contributed by atoms with Crippen LogP contribution in [0.2, 0.25) is 0 Å². The molecule has 10 heteroatoms. The Hall–Kier alpha value is -3.01. The second-order valence-corrected chi connectivity index (χ2v) is 9.05. The molecule has 4 rings (SSSR count). The van der Waals surface area contributed by atoms with Gasteiger partial charge in [0.2, 0.25) is 17.8 Å². The molecule has 1 atom stereocenters. The Bertz CT molecular complexity index is 985. The maximum atomic E-state index is 13.4. The number of nitrogens with zero attached hydrogens (tertiary/aromatic N) is 5. The fourth-order valence-corrected chi connectivity index (χ4v) is 4.09. The highest BCUT2D eigenvalue weighted by atomic mass is 16.3. The minimum atomic E-state index is -0.540. The maximum absolute atomic E-state index is 13.4. The van der Waals surface area contributed by atoms with Gasteiger partial charge in [-0.1, -0.05) is 0 Å². The van der Waals surface area contributed by atoms with E-state index in [1.165, 1.54) is 6.92 Å². The van der Waals surface area contributed by atoms with Crippen molar-refractivity contribution in [2.75, 3.05) is 29.9 Å². The third kappa shape index (κ3) is 4.12. The standard InChI is InChI=1S/C21H29N7O3/c1-14(30)23-12-21(15-4-5-15)7-9-27(18(21)31)17-6-8-22-19(26-17)25-16-10-24-28(11-16)20(2,3)13-29/h6,8,10-11,15,29H,4-5,7,9,12-13H2,1-3H3,(H,23,30)(H,22,25,26)/t21-/m1/s1. The molecule has 0 radical (unpaired) electrons. The molecule has 166 valence electrons. The zero-order valence-corrected chi connectivity index (χ0v) is 18.1. The number of hydrogen-bond acceptors (Lipinski definition) is 7. The summed E-state index contributed by atoms with van der Waals surface area (Å²) in [6, 6.07) is 1.72. The topological polar surface area (TPSA) is 125 Å². The third-order valence-corrected chi connectivity index (χ3v) is 6.23. The highest BCUT2D eigenvalue weighted by molar-refractivity contribution is 6.00. The minimum absolute atomic E-state index is 0.0194. The van der Waals surface area contributed by atoms with Crippen molar-refractivity contribution < 1.29 is 14.7 Å². The summed E-state index contributed by atoms with van der Waals surface area (Å²) in [5, 5.41) is 19.8. The molecule has 2 aromatic heterocycles. The number of aliphatic hydroxyl groups excluding tert-OH is 1. The summed E-state index contributed by atoms with van der Waals surface area (Å²) in [4.78, 5) is 35.4. The van der Waals surface area contributed by atoms with Crippen molar-refractivity contribution in [1.29, 1.82) is 0 Å². The molecule has 0 unspecified atom stereocenters. The molecule has 0 spiro atoms. The van der Waals surface area contributed by atoms with E-state index in [9.17, 15) is 14.7 Å². The van der Waals surface area contributed by atoms with Gasteiger partial charge in [0.05, 0.1) is 29.4 Å². The lowest BCUT2D eigenvalue weighted by molar-refractivity contribution is -0.127. The SMILES string of the molecule is CC(=O)NC[C@@]1(C2CC2)CCN(c2ccnc(Nc3cnn(C(C)(C)CO)c3)n2)C1=O. The smallest absolute Gasteiger partial charge is 0.236 e. The van der Waals surface area contributed by atoms with E-state index in [2.05, 4.69) is 25.7 Å². The van der Waals surface area contributed by atoms with Gasteiger partial charge in [-0.15, -0.1) is 0 Å². The predicted octanol–water partition coefficient (Wildman–Crippen LogP) is 1.41. The van der Waals surface area contributed by atoms with Crippen molar-refractivity contribution in [3.63, 3.8) is 0 Å². The Balaban J connectivity index is 1.51. The van der Waals surface area contributed by atoms with Gasteiger partial charge in [0.1, 0.15) is 5.82 Å². The average molecular weight is 428 g/mol. The number of hydrogen-bond donors (Lipinski definition) is 3. The highest BCUT2D eigenvalue weighted by Gasteiger charge is 2.56. The van der Waals surface area contributed by atoms with Crippen LogP contribution in [-0.2, 0) is 15.1 Å². The second-order valence-electron chi connectivity index (χ2n) is 9.05. The number of rotatable bonds is 8. The number of carbonyl (C=O) groups excluding carboxylic acids is 2. The molecule has 3 N–H and O–H groups in total. The van der Waals surface area contributed by atoms with E-state index in [0.717, 1.165) is 12.8 Å². The van der Waals surface area contributed by atoms with E-state index in [0.29, 0.717) is 42.9 Å². The van der Waals surface area contributed by atoms with Crippen molar-refractivity contribution in [3.8, 4) is 0 Å². The molecule has 31 heavy (non-hydrogen) atoms. The summed E-state index contributed by atoms with van der Waals surface area (Å²) in [5.74, 6) is 1.11. The molecule has 1 aliphatic carbocycles. The summed E-state index contributed by atoms with van der Waals surface area (Å²) in [7, 11) is 0. The zero-order valence-electron chi connectivity index (χ0n) is 18.1. The quantitative estimate of drug-likeness (QED) is 0.582. The molecule has 2 fully saturated rings. The number of anilines is 3. The summed E-state index contributed by atoms with van der Waals surface area (Å²) in [6.45, 7) is 6.13. The van der Waals surface area contributed by atoms with Crippen molar-refractivity contribution in [3.05, 3.63) is 24.7 Å².